The van der Waals surface area contributed by atoms with E-state index in [0.29, 0.717) is 11.2 Å². The van der Waals surface area contributed by atoms with Crippen LogP contribution in [0.4, 0.5) is 0 Å². The van der Waals surface area contributed by atoms with Crippen LogP contribution in [0, 0.1) is 40.4 Å². The van der Waals surface area contributed by atoms with Crippen LogP contribution in [0.3, 0.4) is 0 Å². The normalized spacial score (nSPS) is 45.3. The van der Waals surface area contributed by atoms with Crippen molar-refractivity contribution in [1.29, 1.82) is 0 Å². The van der Waals surface area contributed by atoms with Crippen LogP contribution in [-0.4, -0.2) is 5.78 Å². The first kappa shape index (κ1) is 18.3. The van der Waals surface area contributed by atoms with E-state index >= 15 is 0 Å². The number of ketones is 1. The minimum absolute atomic E-state index is 0.237. The van der Waals surface area contributed by atoms with Crippen LogP contribution in [0.25, 0.3) is 0 Å². The van der Waals surface area contributed by atoms with Crippen LogP contribution >= 0.6 is 0 Å². The third kappa shape index (κ3) is 2.60. The van der Waals surface area contributed by atoms with Gasteiger partial charge in [-0.15, -0.1) is 6.58 Å². The Morgan fingerprint density at radius 3 is 2.81 bits per heavy atom. The summed E-state index contributed by atoms with van der Waals surface area (Å²) in [4.78, 5) is 11.9. The van der Waals surface area contributed by atoms with Crippen LogP contribution in [-0.2, 0) is 4.79 Å². The molecule has 0 amide bonds. The molecule has 26 heavy (non-hydrogen) atoms. The van der Waals surface area contributed by atoms with E-state index in [1.807, 2.05) is 6.08 Å². The van der Waals surface area contributed by atoms with Gasteiger partial charge in [-0.1, -0.05) is 39.0 Å². The quantitative estimate of drug-likeness (QED) is 0.527. The van der Waals surface area contributed by atoms with E-state index in [2.05, 4.69) is 45.6 Å². The van der Waals surface area contributed by atoms with Crippen LogP contribution < -0.4 is 0 Å². The molecule has 0 spiro atoms. The second kappa shape index (κ2) is 6.50. The number of fused-ring (bicyclic) bond motifs is 5. The van der Waals surface area contributed by atoms with Crippen LogP contribution in [0.5, 0.6) is 0 Å². The Morgan fingerprint density at radius 2 is 2.04 bits per heavy atom. The molecule has 142 valence electrons. The third-order valence-electron chi connectivity index (χ3n) is 9.10. The summed E-state index contributed by atoms with van der Waals surface area (Å²) in [7, 11) is 0. The molecule has 0 aromatic heterocycles. The first-order valence-corrected chi connectivity index (χ1v) is 10.9. The summed E-state index contributed by atoms with van der Waals surface area (Å²) in [6.07, 6.45) is 18.7. The summed E-state index contributed by atoms with van der Waals surface area (Å²) in [5, 5.41) is 0. The van der Waals surface area contributed by atoms with Gasteiger partial charge in [0.25, 0.3) is 0 Å². The minimum atomic E-state index is 0.237. The second-order valence-corrected chi connectivity index (χ2v) is 10.2. The first-order valence-electron chi connectivity index (χ1n) is 10.9. The highest BCUT2D eigenvalue weighted by Crippen LogP contribution is 2.66. The van der Waals surface area contributed by atoms with Gasteiger partial charge < -0.3 is 0 Å². The van der Waals surface area contributed by atoms with E-state index in [0.717, 1.165) is 48.9 Å². The average molecular weight is 353 g/mol. The van der Waals surface area contributed by atoms with E-state index < -0.39 is 0 Å². The molecule has 0 bridgehead atoms. The number of rotatable bonds is 4. The molecule has 4 aliphatic rings. The van der Waals surface area contributed by atoms with Crippen LogP contribution in [0.15, 0.2) is 36.5 Å². The van der Waals surface area contributed by atoms with Gasteiger partial charge in [0.1, 0.15) is 0 Å². The summed E-state index contributed by atoms with van der Waals surface area (Å²) in [6, 6.07) is 0. The maximum Gasteiger partial charge on any atom is 0.156 e. The molecule has 0 radical (unpaired) electrons. The average Bonchev–Trinajstić information content (AvgIpc) is 2.97. The van der Waals surface area contributed by atoms with E-state index in [-0.39, 0.29) is 5.41 Å². The highest BCUT2D eigenvalue weighted by atomic mass is 16.1. The second-order valence-electron chi connectivity index (χ2n) is 10.2. The fraction of sp³-hybridized carbons (Fsp3) is 0.720. The predicted molar refractivity (Wildman–Crippen MR) is 109 cm³/mol. The van der Waals surface area contributed by atoms with Crippen LogP contribution in [0.1, 0.15) is 72.1 Å². The van der Waals surface area contributed by atoms with Gasteiger partial charge in [0.15, 0.2) is 5.78 Å². The van der Waals surface area contributed by atoms with Gasteiger partial charge in [-0.05, 0) is 97.0 Å². The fourth-order valence-electron chi connectivity index (χ4n) is 7.55. The van der Waals surface area contributed by atoms with Gasteiger partial charge in [-0.3, -0.25) is 4.79 Å². The van der Waals surface area contributed by atoms with Crippen molar-refractivity contribution in [3.8, 4) is 0 Å². The van der Waals surface area contributed by atoms with Gasteiger partial charge in [0.05, 0.1) is 0 Å². The van der Waals surface area contributed by atoms with Gasteiger partial charge in [-0.25, -0.2) is 0 Å². The SMILES string of the molecule is C=CCCC(C)C1CCC2C3C=CC4=CC(=O)CCC4(C)C3CCC12C. The maximum absolute atomic E-state index is 11.9. The molecule has 0 aromatic carbocycles. The lowest BCUT2D eigenvalue weighted by atomic mass is 9.48. The van der Waals surface area contributed by atoms with Crippen molar-refractivity contribution in [1.82, 2.24) is 0 Å². The summed E-state index contributed by atoms with van der Waals surface area (Å²) >= 11 is 0. The molecule has 7 unspecified atom stereocenters. The summed E-state index contributed by atoms with van der Waals surface area (Å²) < 4.78 is 0. The molecule has 0 saturated heterocycles. The molecule has 0 heterocycles. The lowest BCUT2D eigenvalue weighted by molar-refractivity contribution is -0.116. The monoisotopic (exact) mass is 352 g/mol. The van der Waals surface area contributed by atoms with Crippen molar-refractivity contribution < 1.29 is 4.79 Å². The summed E-state index contributed by atoms with van der Waals surface area (Å²) in [6.45, 7) is 11.5. The topological polar surface area (TPSA) is 17.1 Å². The smallest absolute Gasteiger partial charge is 0.156 e. The number of hydrogen-bond acceptors (Lipinski definition) is 1. The largest absolute Gasteiger partial charge is 0.295 e. The fourth-order valence-corrected chi connectivity index (χ4v) is 7.55. The molecule has 2 saturated carbocycles. The molecule has 0 aliphatic heterocycles. The van der Waals surface area contributed by atoms with Crippen molar-refractivity contribution in [3.63, 3.8) is 0 Å². The van der Waals surface area contributed by atoms with Crippen molar-refractivity contribution in [2.45, 2.75) is 72.1 Å². The Labute approximate surface area is 160 Å². The van der Waals surface area contributed by atoms with E-state index in [1.54, 1.807) is 0 Å². The molecule has 2 fully saturated rings. The van der Waals surface area contributed by atoms with Crippen molar-refractivity contribution in [2.24, 2.45) is 40.4 Å². The van der Waals surface area contributed by atoms with Gasteiger partial charge >= 0.3 is 0 Å². The number of carbonyl (C=O) groups is 1. The molecule has 1 heteroatoms. The van der Waals surface area contributed by atoms with Crippen molar-refractivity contribution in [3.05, 3.63) is 36.5 Å². The number of carbonyl (C=O) groups excluding carboxylic acids is 1. The Kier molecular flexibility index (Phi) is 4.56. The molecule has 1 nitrogen and oxygen atoms in total. The summed E-state index contributed by atoms with van der Waals surface area (Å²) in [5.41, 5.74) is 2.07. The van der Waals surface area contributed by atoms with Crippen LogP contribution in [0.2, 0.25) is 0 Å². The lowest BCUT2D eigenvalue weighted by Gasteiger charge is -2.56. The zero-order chi connectivity index (χ0) is 18.5. The Balaban J connectivity index is 1.61. The molecule has 0 aromatic rings. The Hall–Kier alpha value is -1.11. The van der Waals surface area contributed by atoms with Crippen molar-refractivity contribution >= 4 is 5.78 Å². The maximum atomic E-state index is 11.9. The Morgan fingerprint density at radius 1 is 1.23 bits per heavy atom. The van der Waals surface area contributed by atoms with E-state index in [1.165, 1.54) is 37.7 Å². The zero-order valence-corrected chi connectivity index (χ0v) is 17.0. The van der Waals surface area contributed by atoms with E-state index in [9.17, 15) is 4.79 Å². The summed E-state index contributed by atoms with van der Waals surface area (Å²) in [5.74, 6) is 4.32. The predicted octanol–water partition coefficient (Wildman–Crippen LogP) is 6.51. The molecule has 0 N–H and O–H groups in total. The molecule has 7 atom stereocenters. The molecule has 4 rings (SSSR count). The molecular formula is C25H36O. The van der Waals surface area contributed by atoms with Gasteiger partial charge in [0, 0.05) is 6.42 Å². The van der Waals surface area contributed by atoms with Crippen molar-refractivity contribution in [2.75, 3.05) is 0 Å². The molecular weight excluding hydrogens is 316 g/mol. The minimum Gasteiger partial charge on any atom is -0.295 e. The van der Waals surface area contributed by atoms with Gasteiger partial charge in [0.2, 0.25) is 0 Å². The zero-order valence-electron chi connectivity index (χ0n) is 17.0. The first-order chi connectivity index (χ1) is 12.4. The third-order valence-corrected chi connectivity index (χ3v) is 9.10. The molecule has 4 aliphatic carbocycles. The highest BCUT2D eigenvalue weighted by Gasteiger charge is 2.58. The number of allylic oxidation sites excluding steroid dienone is 5. The highest BCUT2D eigenvalue weighted by molar-refractivity contribution is 5.92. The Bertz CT molecular complexity index is 655. The number of hydrogen-bond donors (Lipinski definition) is 0. The standard InChI is InChI=1S/C25H36O/c1-5-6-7-17(2)21-10-11-22-20-9-8-18-16-19(26)12-14-24(18,3)23(20)13-15-25(21,22)4/h5,8-9,16-17,20-23H,1,6-7,10-15H2,2-4H3. The van der Waals surface area contributed by atoms with Gasteiger partial charge in [-0.2, -0.15) is 0 Å². The lowest BCUT2D eigenvalue weighted by Crippen LogP contribution is -2.49. The van der Waals surface area contributed by atoms with E-state index in [4.69, 9.17) is 0 Å².